The minimum Gasteiger partial charge on any atom is -0.481 e. The Bertz CT molecular complexity index is 420. The van der Waals surface area contributed by atoms with Crippen LogP contribution in [0.4, 0.5) is 11.5 Å². The van der Waals surface area contributed by atoms with Crippen molar-refractivity contribution in [2.45, 2.75) is 19.4 Å². The lowest BCUT2D eigenvalue weighted by Crippen LogP contribution is -2.46. The second-order valence-corrected chi connectivity index (χ2v) is 3.75. The fourth-order valence-electron chi connectivity index (χ4n) is 1.91. The quantitative estimate of drug-likeness (QED) is 0.816. The molecular formula is C11H15N3O2. The van der Waals surface area contributed by atoms with Gasteiger partial charge in [0.15, 0.2) is 5.82 Å². The maximum absolute atomic E-state index is 11.7. The Morgan fingerprint density at radius 3 is 2.94 bits per heavy atom. The number of carbonyl (C=O) groups excluding carboxylic acids is 1. The van der Waals surface area contributed by atoms with Crippen LogP contribution < -0.4 is 15.0 Å². The number of nitrogens with one attached hydrogen (secondary N) is 1. The maximum Gasteiger partial charge on any atom is 0.247 e. The van der Waals surface area contributed by atoms with Crippen LogP contribution in [0.15, 0.2) is 12.1 Å². The van der Waals surface area contributed by atoms with Crippen molar-refractivity contribution in [3.8, 4) is 5.88 Å². The topological polar surface area (TPSA) is 54.5 Å². The summed E-state index contributed by atoms with van der Waals surface area (Å²) in [5, 5.41) is 2.84. The number of nitrogens with zero attached hydrogens (tertiary/aromatic N) is 2. The minimum atomic E-state index is -0.160. The number of aromatic nitrogens is 1. The molecule has 0 bridgehead atoms. The number of likely N-dealkylation sites (N-methyl/N-ethyl adjacent to an activating group) is 1. The Morgan fingerprint density at radius 1 is 1.56 bits per heavy atom. The third-order valence-corrected chi connectivity index (χ3v) is 2.81. The van der Waals surface area contributed by atoms with E-state index in [9.17, 15) is 4.79 Å². The third kappa shape index (κ3) is 1.58. The SMILES string of the molecule is CCC1C(=O)Nc2ccc(OC)nc2N1C. The number of hydrogen-bond acceptors (Lipinski definition) is 4. The van der Waals surface area contributed by atoms with Gasteiger partial charge in [-0.05, 0) is 12.5 Å². The van der Waals surface area contributed by atoms with E-state index < -0.39 is 0 Å². The van der Waals surface area contributed by atoms with Crippen LogP contribution in [0.1, 0.15) is 13.3 Å². The van der Waals surface area contributed by atoms with Gasteiger partial charge in [0, 0.05) is 13.1 Å². The summed E-state index contributed by atoms with van der Waals surface area (Å²) in [6.45, 7) is 1.98. The van der Waals surface area contributed by atoms with Crippen LogP contribution >= 0.6 is 0 Å². The van der Waals surface area contributed by atoms with Gasteiger partial charge in [0.1, 0.15) is 6.04 Å². The van der Waals surface area contributed by atoms with E-state index in [4.69, 9.17) is 4.74 Å². The van der Waals surface area contributed by atoms with Gasteiger partial charge in [0.05, 0.1) is 12.8 Å². The number of carbonyl (C=O) groups is 1. The summed E-state index contributed by atoms with van der Waals surface area (Å²) >= 11 is 0. The van der Waals surface area contributed by atoms with E-state index in [0.29, 0.717) is 5.88 Å². The molecule has 2 rings (SSSR count). The molecule has 16 heavy (non-hydrogen) atoms. The van der Waals surface area contributed by atoms with E-state index in [0.717, 1.165) is 17.9 Å². The van der Waals surface area contributed by atoms with Crippen molar-refractivity contribution in [2.75, 3.05) is 24.4 Å². The average Bonchev–Trinajstić information content (AvgIpc) is 2.29. The van der Waals surface area contributed by atoms with Gasteiger partial charge >= 0.3 is 0 Å². The van der Waals surface area contributed by atoms with Crippen LogP contribution in [0, 0.1) is 0 Å². The van der Waals surface area contributed by atoms with E-state index in [1.165, 1.54) is 0 Å². The molecule has 0 aliphatic carbocycles. The van der Waals surface area contributed by atoms with E-state index in [1.807, 2.05) is 18.9 Å². The number of methoxy groups -OCH3 is 1. The number of ether oxygens (including phenoxy) is 1. The highest BCUT2D eigenvalue weighted by atomic mass is 16.5. The molecule has 1 amide bonds. The fourth-order valence-corrected chi connectivity index (χ4v) is 1.91. The first-order valence-corrected chi connectivity index (χ1v) is 5.26. The molecule has 5 heteroatoms. The summed E-state index contributed by atoms with van der Waals surface area (Å²) in [4.78, 5) is 18.0. The Morgan fingerprint density at radius 2 is 2.31 bits per heavy atom. The highest BCUT2D eigenvalue weighted by molar-refractivity contribution is 6.02. The second-order valence-electron chi connectivity index (χ2n) is 3.75. The predicted molar refractivity (Wildman–Crippen MR) is 61.9 cm³/mol. The molecule has 1 aromatic heterocycles. The Balaban J connectivity index is 2.43. The van der Waals surface area contributed by atoms with Crippen LogP contribution in [-0.4, -0.2) is 31.1 Å². The van der Waals surface area contributed by atoms with Crippen LogP contribution in [0.2, 0.25) is 0 Å². The standard InChI is InChI=1S/C11H15N3O2/c1-4-8-11(15)12-7-5-6-9(16-3)13-10(7)14(8)2/h5-6,8H,4H2,1-3H3,(H,12,15). The van der Waals surface area contributed by atoms with Crippen LogP contribution in [0.5, 0.6) is 5.88 Å². The smallest absolute Gasteiger partial charge is 0.247 e. The van der Waals surface area contributed by atoms with Gasteiger partial charge in [-0.2, -0.15) is 4.98 Å². The van der Waals surface area contributed by atoms with E-state index in [1.54, 1.807) is 19.2 Å². The van der Waals surface area contributed by atoms with Crippen molar-refractivity contribution in [1.82, 2.24) is 4.98 Å². The Kier molecular flexibility index (Phi) is 2.68. The molecule has 5 nitrogen and oxygen atoms in total. The molecule has 0 saturated heterocycles. The van der Waals surface area contributed by atoms with Gasteiger partial charge in [0.25, 0.3) is 0 Å². The monoisotopic (exact) mass is 221 g/mol. The number of amides is 1. The average molecular weight is 221 g/mol. The summed E-state index contributed by atoms with van der Waals surface area (Å²) in [5.41, 5.74) is 0.734. The summed E-state index contributed by atoms with van der Waals surface area (Å²) in [6.07, 6.45) is 0.751. The molecule has 1 aromatic rings. The molecule has 0 aromatic carbocycles. The molecule has 1 aliphatic heterocycles. The van der Waals surface area contributed by atoms with Crippen molar-refractivity contribution in [2.24, 2.45) is 0 Å². The molecule has 86 valence electrons. The Labute approximate surface area is 94.4 Å². The molecule has 0 spiro atoms. The molecule has 0 fully saturated rings. The number of hydrogen-bond donors (Lipinski definition) is 1. The zero-order chi connectivity index (χ0) is 11.7. The van der Waals surface area contributed by atoms with E-state index in [2.05, 4.69) is 10.3 Å². The van der Waals surface area contributed by atoms with Crippen molar-refractivity contribution >= 4 is 17.4 Å². The first-order valence-electron chi connectivity index (χ1n) is 5.26. The number of rotatable bonds is 2. The maximum atomic E-state index is 11.7. The molecule has 0 radical (unpaired) electrons. The lowest BCUT2D eigenvalue weighted by atomic mass is 10.1. The van der Waals surface area contributed by atoms with Crippen molar-refractivity contribution < 1.29 is 9.53 Å². The largest absolute Gasteiger partial charge is 0.481 e. The molecule has 0 saturated carbocycles. The Hall–Kier alpha value is -1.78. The fraction of sp³-hybridized carbons (Fsp3) is 0.455. The van der Waals surface area contributed by atoms with Crippen LogP contribution in [0.25, 0.3) is 0 Å². The van der Waals surface area contributed by atoms with Gasteiger partial charge in [-0.15, -0.1) is 0 Å². The van der Waals surface area contributed by atoms with E-state index >= 15 is 0 Å². The molecule has 2 heterocycles. The lowest BCUT2D eigenvalue weighted by molar-refractivity contribution is -0.117. The zero-order valence-corrected chi connectivity index (χ0v) is 9.65. The number of pyridine rings is 1. The first kappa shape index (κ1) is 10.7. The lowest BCUT2D eigenvalue weighted by Gasteiger charge is -2.33. The van der Waals surface area contributed by atoms with E-state index in [-0.39, 0.29) is 11.9 Å². The first-order chi connectivity index (χ1) is 7.67. The summed E-state index contributed by atoms with van der Waals surface area (Å²) in [6, 6.07) is 3.38. The third-order valence-electron chi connectivity index (χ3n) is 2.81. The van der Waals surface area contributed by atoms with Gasteiger partial charge in [0.2, 0.25) is 11.8 Å². The van der Waals surface area contributed by atoms with Gasteiger partial charge < -0.3 is 15.0 Å². The number of anilines is 2. The van der Waals surface area contributed by atoms with Crippen molar-refractivity contribution in [3.63, 3.8) is 0 Å². The zero-order valence-electron chi connectivity index (χ0n) is 9.65. The highest BCUT2D eigenvalue weighted by Gasteiger charge is 2.30. The summed E-state index contributed by atoms with van der Waals surface area (Å²) < 4.78 is 5.07. The van der Waals surface area contributed by atoms with Crippen LogP contribution in [0.3, 0.4) is 0 Å². The normalized spacial score (nSPS) is 19.1. The molecule has 1 N–H and O–H groups in total. The molecule has 1 unspecified atom stereocenters. The summed E-state index contributed by atoms with van der Waals surface area (Å²) in [5.74, 6) is 1.33. The summed E-state index contributed by atoms with van der Waals surface area (Å²) in [7, 11) is 3.45. The van der Waals surface area contributed by atoms with Crippen LogP contribution in [-0.2, 0) is 4.79 Å². The van der Waals surface area contributed by atoms with Gasteiger partial charge in [-0.25, -0.2) is 0 Å². The molecule has 1 aliphatic rings. The molecule has 1 atom stereocenters. The number of fused-ring (bicyclic) bond motifs is 1. The van der Waals surface area contributed by atoms with Crippen molar-refractivity contribution in [3.05, 3.63) is 12.1 Å². The minimum absolute atomic E-state index is 0.0180. The van der Waals surface area contributed by atoms with Gasteiger partial charge in [-0.3, -0.25) is 4.79 Å². The van der Waals surface area contributed by atoms with Gasteiger partial charge in [-0.1, -0.05) is 6.92 Å². The highest BCUT2D eigenvalue weighted by Crippen LogP contribution is 2.31. The predicted octanol–water partition coefficient (Wildman–Crippen LogP) is 1.26. The van der Waals surface area contributed by atoms with Crippen molar-refractivity contribution in [1.29, 1.82) is 0 Å². The second kappa shape index (κ2) is 4.00. The molecular weight excluding hydrogens is 206 g/mol.